The molecule has 0 aliphatic rings. The van der Waals surface area contributed by atoms with Gasteiger partial charge in [0.2, 0.25) is 0 Å². The molecule has 2 rings (SSSR count). The molecule has 0 heterocycles. The molecule has 0 aromatic heterocycles. The third-order valence-electron chi connectivity index (χ3n) is 2.72. The Hall–Kier alpha value is -2.16. The molecule has 0 N–H and O–H groups in total. The average molecular weight is 260 g/mol. The molecule has 2 aromatic rings. The molecule has 0 aliphatic heterocycles. The van der Waals surface area contributed by atoms with Crippen molar-refractivity contribution < 1.29 is 13.5 Å². The van der Waals surface area contributed by atoms with Crippen LogP contribution in [0.15, 0.2) is 49.1 Å². The lowest BCUT2D eigenvalue weighted by atomic mass is 10.0. The largest absolute Gasteiger partial charge is 0.489 e. The first-order chi connectivity index (χ1) is 9.11. The standard InChI is InChI=1S/C16H14F2O/c1-3-8-19-13-9-14(17)16(15(18)10-13)12-6-4-11(2)5-7-12/h3-7,9-10H,1,8H2,2H3. The maximum absolute atomic E-state index is 14.0. The Labute approximate surface area is 111 Å². The minimum atomic E-state index is -0.636. The van der Waals surface area contributed by atoms with Crippen molar-refractivity contribution in [3.8, 4) is 16.9 Å². The van der Waals surface area contributed by atoms with Gasteiger partial charge in [-0.25, -0.2) is 8.78 Å². The van der Waals surface area contributed by atoms with Gasteiger partial charge in [0.25, 0.3) is 0 Å². The second-order valence-electron chi connectivity index (χ2n) is 4.23. The molecule has 0 saturated carbocycles. The second-order valence-corrected chi connectivity index (χ2v) is 4.23. The molecular formula is C16H14F2O. The average Bonchev–Trinajstić information content (AvgIpc) is 2.38. The SMILES string of the molecule is C=CCOc1cc(F)c(-c2ccc(C)cc2)c(F)c1. The zero-order chi connectivity index (χ0) is 13.8. The van der Waals surface area contributed by atoms with E-state index in [1.54, 1.807) is 12.1 Å². The molecule has 0 radical (unpaired) electrons. The van der Waals surface area contributed by atoms with E-state index in [0.717, 1.165) is 5.56 Å². The topological polar surface area (TPSA) is 9.23 Å². The van der Waals surface area contributed by atoms with Gasteiger partial charge in [0.05, 0.1) is 5.56 Å². The molecule has 0 bridgehead atoms. The second kappa shape index (κ2) is 5.65. The van der Waals surface area contributed by atoms with E-state index in [0.29, 0.717) is 5.56 Å². The van der Waals surface area contributed by atoms with Crippen LogP contribution in [0.4, 0.5) is 8.78 Å². The molecule has 3 heteroatoms. The number of aryl methyl sites for hydroxylation is 1. The highest BCUT2D eigenvalue weighted by Gasteiger charge is 2.13. The van der Waals surface area contributed by atoms with E-state index in [-0.39, 0.29) is 17.9 Å². The number of rotatable bonds is 4. The van der Waals surface area contributed by atoms with Gasteiger partial charge in [-0.05, 0) is 12.5 Å². The summed E-state index contributed by atoms with van der Waals surface area (Å²) in [4.78, 5) is 0. The third kappa shape index (κ3) is 2.99. The Bertz CT molecular complexity index is 565. The van der Waals surface area contributed by atoms with Gasteiger partial charge in [-0.1, -0.05) is 42.5 Å². The highest BCUT2D eigenvalue weighted by Crippen LogP contribution is 2.29. The van der Waals surface area contributed by atoms with Crippen LogP contribution in [0.25, 0.3) is 11.1 Å². The number of hydrogen-bond donors (Lipinski definition) is 0. The number of halogens is 2. The van der Waals surface area contributed by atoms with Crippen LogP contribution < -0.4 is 4.74 Å². The lowest BCUT2D eigenvalue weighted by molar-refractivity contribution is 0.358. The van der Waals surface area contributed by atoms with Crippen LogP contribution in [-0.4, -0.2) is 6.61 Å². The minimum absolute atomic E-state index is 0.0362. The molecule has 0 unspecified atom stereocenters. The molecule has 2 aromatic carbocycles. The summed E-state index contributed by atoms with van der Waals surface area (Å²) in [6.45, 7) is 5.61. The predicted molar refractivity (Wildman–Crippen MR) is 72.2 cm³/mol. The summed E-state index contributed by atoms with van der Waals surface area (Å²) in [5, 5.41) is 0. The smallest absolute Gasteiger partial charge is 0.137 e. The van der Waals surface area contributed by atoms with E-state index in [2.05, 4.69) is 6.58 Å². The van der Waals surface area contributed by atoms with Crippen molar-refractivity contribution in [2.24, 2.45) is 0 Å². The van der Waals surface area contributed by atoms with E-state index < -0.39 is 11.6 Å². The molecule has 0 fully saturated rings. The Morgan fingerprint density at radius 2 is 1.68 bits per heavy atom. The zero-order valence-electron chi connectivity index (χ0n) is 10.6. The van der Waals surface area contributed by atoms with Crippen LogP contribution in [-0.2, 0) is 0 Å². The summed E-state index contributed by atoms with van der Waals surface area (Å²) in [5.41, 5.74) is 1.51. The molecule has 0 saturated heterocycles. The van der Waals surface area contributed by atoms with E-state index in [1.807, 2.05) is 19.1 Å². The van der Waals surface area contributed by atoms with Gasteiger partial charge in [-0.15, -0.1) is 0 Å². The summed E-state index contributed by atoms with van der Waals surface area (Å²) in [5.74, 6) is -1.11. The molecule has 0 amide bonds. The lowest BCUT2D eigenvalue weighted by Gasteiger charge is -2.09. The highest BCUT2D eigenvalue weighted by atomic mass is 19.1. The summed E-state index contributed by atoms with van der Waals surface area (Å²) in [6, 6.07) is 9.39. The quantitative estimate of drug-likeness (QED) is 0.735. The first-order valence-corrected chi connectivity index (χ1v) is 5.91. The molecule has 98 valence electrons. The fraction of sp³-hybridized carbons (Fsp3) is 0.125. The number of ether oxygens (including phenoxy) is 1. The van der Waals surface area contributed by atoms with Crippen molar-refractivity contribution >= 4 is 0 Å². The fourth-order valence-corrected chi connectivity index (χ4v) is 1.78. The molecule has 0 aliphatic carbocycles. The van der Waals surface area contributed by atoms with E-state index in [4.69, 9.17) is 4.74 Å². The monoisotopic (exact) mass is 260 g/mol. The van der Waals surface area contributed by atoms with Crippen LogP contribution in [0.5, 0.6) is 5.75 Å². The maximum atomic E-state index is 14.0. The summed E-state index contributed by atoms with van der Waals surface area (Å²) in [6.07, 6.45) is 1.52. The Morgan fingerprint density at radius 3 is 2.21 bits per heavy atom. The zero-order valence-corrected chi connectivity index (χ0v) is 10.6. The first kappa shape index (κ1) is 13.3. The van der Waals surface area contributed by atoms with Crippen molar-refractivity contribution in [1.29, 1.82) is 0 Å². The Morgan fingerprint density at radius 1 is 1.11 bits per heavy atom. The van der Waals surface area contributed by atoms with Gasteiger partial charge in [0.1, 0.15) is 24.0 Å². The van der Waals surface area contributed by atoms with Crippen molar-refractivity contribution in [3.05, 3.63) is 66.3 Å². The molecular weight excluding hydrogens is 246 g/mol. The van der Waals surface area contributed by atoms with Gasteiger partial charge in [0.15, 0.2) is 0 Å². The van der Waals surface area contributed by atoms with Gasteiger partial charge in [-0.2, -0.15) is 0 Å². The maximum Gasteiger partial charge on any atom is 0.137 e. The fourth-order valence-electron chi connectivity index (χ4n) is 1.78. The number of hydrogen-bond acceptors (Lipinski definition) is 1. The normalized spacial score (nSPS) is 10.3. The van der Waals surface area contributed by atoms with Crippen LogP contribution in [0.1, 0.15) is 5.56 Å². The minimum Gasteiger partial charge on any atom is -0.489 e. The van der Waals surface area contributed by atoms with E-state index in [9.17, 15) is 8.78 Å². The summed E-state index contributed by atoms with van der Waals surface area (Å²) >= 11 is 0. The summed E-state index contributed by atoms with van der Waals surface area (Å²) < 4.78 is 33.1. The van der Waals surface area contributed by atoms with E-state index >= 15 is 0 Å². The predicted octanol–water partition coefficient (Wildman–Crippen LogP) is 4.51. The van der Waals surface area contributed by atoms with Crippen LogP contribution in [0, 0.1) is 18.6 Å². The van der Waals surface area contributed by atoms with Crippen molar-refractivity contribution in [3.63, 3.8) is 0 Å². The van der Waals surface area contributed by atoms with Crippen molar-refractivity contribution in [2.45, 2.75) is 6.92 Å². The third-order valence-corrected chi connectivity index (χ3v) is 2.72. The first-order valence-electron chi connectivity index (χ1n) is 5.91. The van der Waals surface area contributed by atoms with Gasteiger partial charge in [-0.3, -0.25) is 0 Å². The van der Waals surface area contributed by atoms with Crippen LogP contribution >= 0.6 is 0 Å². The molecule has 1 nitrogen and oxygen atoms in total. The van der Waals surface area contributed by atoms with Gasteiger partial charge >= 0.3 is 0 Å². The Balaban J connectivity index is 2.41. The van der Waals surface area contributed by atoms with Crippen LogP contribution in [0.3, 0.4) is 0 Å². The van der Waals surface area contributed by atoms with Gasteiger partial charge in [0, 0.05) is 12.1 Å². The molecule has 0 atom stereocenters. The lowest BCUT2D eigenvalue weighted by Crippen LogP contribution is -1.97. The Kier molecular flexibility index (Phi) is 3.95. The summed E-state index contributed by atoms with van der Waals surface area (Å²) in [7, 11) is 0. The van der Waals surface area contributed by atoms with Crippen molar-refractivity contribution in [2.75, 3.05) is 6.61 Å². The van der Waals surface area contributed by atoms with Crippen LogP contribution in [0.2, 0.25) is 0 Å². The van der Waals surface area contributed by atoms with E-state index in [1.165, 1.54) is 18.2 Å². The van der Waals surface area contributed by atoms with Gasteiger partial charge < -0.3 is 4.74 Å². The van der Waals surface area contributed by atoms with Crippen molar-refractivity contribution in [1.82, 2.24) is 0 Å². The highest BCUT2D eigenvalue weighted by molar-refractivity contribution is 5.66. The number of benzene rings is 2. The molecule has 19 heavy (non-hydrogen) atoms. The molecule has 0 spiro atoms.